The molecule has 0 saturated carbocycles. The largest absolute Gasteiger partial charge is 0.490 e. The van der Waals surface area contributed by atoms with Gasteiger partial charge in [-0.2, -0.15) is 0 Å². The number of amides is 1. The van der Waals surface area contributed by atoms with Crippen molar-refractivity contribution in [3.63, 3.8) is 0 Å². The number of methoxy groups -OCH3 is 1. The minimum absolute atomic E-state index is 0.0308. The van der Waals surface area contributed by atoms with Crippen molar-refractivity contribution < 1.29 is 14.5 Å². The number of nitro benzene ring substituents is 1. The quantitative estimate of drug-likeness (QED) is 0.611. The molecule has 0 aliphatic rings. The number of nitrogens with zero attached hydrogens (tertiary/aromatic N) is 1. The number of hydrogen-bond acceptors (Lipinski definition) is 5. The Morgan fingerprint density at radius 2 is 2.20 bits per heavy atom. The summed E-state index contributed by atoms with van der Waals surface area (Å²) >= 11 is 0. The van der Waals surface area contributed by atoms with E-state index >= 15 is 0 Å². The third-order valence-electron chi connectivity index (χ3n) is 3.20. The zero-order valence-electron chi connectivity index (χ0n) is 11.8. The topological polar surface area (TPSA) is 107 Å². The molecule has 0 saturated heterocycles. The highest BCUT2D eigenvalue weighted by Gasteiger charge is 2.21. The minimum Gasteiger partial charge on any atom is -0.490 e. The molecule has 1 aromatic carbocycles. The van der Waals surface area contributed by atoms with Gasteiger partial charge in [-0.25, -0.2) is 0 Å². The van der Waals surface area contributed by atoms with Gasteiger partial charge in [-0.1, -0.05) is 20.3 Å². The Morgan fingerprint density at radius 1 is 1.55 bits per heavy atom. The molecule has 0 heterocycles. The summed E-state index contributed by atoms with van der Waals surface area (Å²) < 4.78 is 4.89. The maximum absolute atomic E-state index is 11.9. The van der Waals surface area contributed by atoms with Gasteiger partial charge in [0.05, 0.1) is 18.1 Å². The van der Waals surface area contributed by atoms with Crippen molar-refractivity contribution in [1.82, 2.24) is 0 Å². The number of nitrogens with two attached hydrogens (primary N) is 1. The van der Waals surface area contributed by atoms with E-state index in [2.05, 4.69) is 5.32 Å². The predicted molar refractivity (Wildman–Crippen MR) is 75.7 cm³/mol. The van der Waals surface area contributed by atoms with Crippen molar-refractivity contribution in [2.24, 2.45) is 11.7 Å². The molecule has 2 atom stereocenters. The van der Waals surface area contributed by atoms with E-state index in [-0.39, 0.29) is 23.3 Å². The van der Waals surface area contributed by atoms with Crippen molar-refractivity contribution in [3.8, 4) is 5.75 Å². The maximum Gasteiger partial charge on any atom is 0.312 e. The summed E-state index contributed by atoms with van der Waals surface area (Å²) in [5.41, 5.74) is 5.92. The maximum atomic E-state index is 11.9. The third-order valence-corrected chi connectivity index (χ3v) is 3.20. The van der Waals surface area contributed by atoms with Crippen LogP contribution in [0.3, 0.4) is 0 Å². The van der Waals surface area contributed by atoms with Gasteiger partial charge >= 0.3 is 5.69 Å². The molecule has 0 fully saturated rings. The number of anilines is 1. The number of rotatable bonds is 6. The zero-order valence-corrected chi connectivity index (χ0v) is 11.8. The Morgan fingerprint density at radius 3 is 2.70 bits per heavy atom. The number of carbonyl (C=O) groups is 1. The molecule has 0 radical (unpaired) electrons. The minimum atomic E-state index is -0.652. The van der Waals surface area contributed by atoms with E-state index in [0.29, 0.717) is 5.69 Å². The monoisotopic (exact) mass is 281 g/mol. The molecule has 110 valence electrons. The van der Waals surface area contributed by atoms with Crippen LogP contribution in [0, 0.1) is 16.0 Å². The van der Waals surface area contributed by atoms with Crippen LogP contribution in [-0.4, -0.2) is 24.0 Å². The molecule has 0 aliphatic heterocycles. The molecule has 0 aromatic heterocycles. The Kier molecular flexibility index (Phi) is 5.45. The van der Waals surface area contributed by atoms with Gasteiger partial charge in [0.15, 0.2) is 5.75 Å². The molecule has 1 amide bonds. The molecule has 3 N–H and O–H groups in total. The van der Waals surface area contributed by atoms with Crippen LogP contribution in [0.15, 0.2) is 18.2 Å². The van der Waals surface area contributed by atoms with E-state index in [9.17, 15) is 14.9 Å². The van der Waals surface area contributed by atoms with E-state index in [4.69, 9.17) is 10.5 Å². The Hall–Kier alpha value is -2.15. The lowest BCUT2D eigenvalue weighted by Gasteiger charge is -2.17. The number of carbonyl (C=O) groups excluding carboxylic acids is 1. The first-order valence-corrected chi connectivity index (χ1v) is 6.29. The molecule has 7 heteroatoms. The average Bonchev–Trinajstić information content (AvgIpc) is 2.45. The molecule has 0 aliphatic carbocycles. The van der Waals surface area contributed by atoms with Crippen LogP contribution in [0.25, 0.3) is 0 Å². The summed E-state index contributed by atoms with van der Waals surface area (Å²) in [5, 5.41) is 13.5. The molecule has 1 unspecified atom stereocenters. The molecule has 7 nitrogen and oxygen atoms in total. The summed E-state index contributed by atoms with van der Waals surface area (Å²) in [6.45, 7) is 3.82. The second kappa shape index (κ2) is 6.85. The average molecular weight is 281 g/mol. The second-order valence-corrected chi connectivity index (χ2v) is 4.54. The Labute approximate surface area is 117 Å². The second-order valence-electron chi connectivity index (χ2n) is 4.54. The van der Waals surface area contributed by atoms with Gasteiger partial charge in [0.2, 0.25) is 5.91 Å². The lowest BCUT2D eigenvalue weighted by molar-refractivity contribution is -0.385. The lowest BCUT2D eigenvalue weighted by Crippen LogP contribution is -2.40. The van der Waals surface area contributed by atoms with Gasteiger partial charge in [0.25, 0.3) is 0 Å². The van der Waals surface area contributed by atoms with E-state index in [1.165, 1.54) is 25.3 Å². The predicted octanol–water partition coefficient (Wildman–Crippen LogP) is 1.92. The smallest absolute Gasteiger partial charge is 0.312 e. The van der Waals surface area contributed by atoms with E-state index in [1.54, 1.807) is 0 Å². The molecule has 1 rings (SSSR count). The Balaban J connectivity index is 2.91. The standard InChI is InChI=1S/C13H19N3O4/c1-4-8(2)12(14)13(17)15-9-5-6-11(20-3)10(7-9)16(18)19/h5-8,12H,4,14H2,1-3H3,(H,15,17)/t8?,12-/m0/s1. The van der Waals surface area contributed by atoms with Crippen LogP contribution in [-0.2, 0) is 4.79 Å². The van der Waals surface area contributed by atoms with Crippen molar-refractivity contribution >= 4 is 17.3 Å². The molecular formula is C13H19N3O4. The van der Waals surface area contributed by atoms with Gasteiger partial charge in [0.1, 0.15) is 0 Å². The van der Waals surface area contributed by atoms with Crippen LogP contribution in [0.2, 0.25) is 0 Å². The van der Waals surface area contributed by atoms with E-state index in [1.807, 2.05) is 13.8 Å². The first kappa shape index (κ1) is 15.9. The third kappa shape index (κ3) is 3.67. The van der Waals surface area contributed by atoms with Crippen molar-refractivity contribution in [2.45, 2.75) is 26.3 Å². The van der Waals surface area contributed by atoms with E-state index < -0.39 is 11.0 Å². The zero-order chi connectivity index (χ0) is 15.3. The normalized spacial score (nSPS) is 13.4. The number of ether oxygens (including phenoxy) is 1. The van der Waals surface area contributed by atoms with Crippen LogP contribution in [0.4, 0.5) is 11.4 Å². The molecule has 20 heavy (non-hydrogen) atoms. The van der Waals surface area contributed by atoms with Gasteiger partial charge < -0.3 is 15.8 Å². The van der Waals surface area contributed by atoms with Crippen molar-refractivity contribution in [2.75, 3.05) is 12.4 Å². The van der Waals surface area contributed by atoms with Crippen LogP contribution in [0.5, 0.6) is 5.75 Å². The number of nitro groups is 1. The lowest BCUT2D eigenvalue weighted by atomic mass is 9.99. The summed E-state index contributed by atoms with van der Waals surface area (Å²) in [7, 11) is 1.35. The van der Waals surface area contributed by atoms with Gasteiger partial charge in [0, 0.05) is 11.8 Å². The SMILES string of the molecule is CCC(C)[C@H](N)C(=O)Nc1ccc(OC)c([N+](=O)[O-])c1. The number of benzene rings is 1. The first-order valence-electron chi connectivity index (χ1n) is 6.29. The fraction of sp³-hybridized carbons (Fsp3) is 0.462. The summed E-state index contributed by atoms with van der Waals surface area (Å²) in [6, 6.07) is 3.57. The van der Waals surface area contributed by atoms with Crippen LogP contribution >= 0.6 is 0 Å². The van der Waals surface area contributed by atoms with Crippen molar-refractivity contribution in [1.29, 1.82) is 0 Å². The highest BCUT2D eigenvalue weighted by Crippen LogP contribution is 2.29. The fourth-order valence-electron chi connectivity index (χ4n) is 1.65. The summed E-state index contributed by atoms with van der Waals surface area (Å²) in [4.78, 5) is 22.2. The number of hydrogen-bond donors (Lipinski definition) is 2. The highest BCUT2D eigenvalue weighted by molar-refractivity contribution is 5.95. The summed E-state index contributed by atoms with van der Waals surface area (Å²) in [6.07, 6.45) is 0.775. The summed E-state index contributed by atoms with van der Waals surface area (Å²) in [5.74, 6) is -0.193. The first-order chi connectivity index (χ1) is 9.40. The van der Waals surface area contributed by atoms with Crippen LogP contribution < -0.4 is 15.8 Å². The fourth-order valence-corrected chi connectivity index (χ4v) is 1.65. The molecular weight excluding hydrogens is 262 g/mol. The van der Waals surface area contributed by atoms with Crippen LogP contribution in [0.1, 0.15) is 20.3 Å². The molecule has 0 bridgehead atoms. The van der Waals surface area contributed by atoms with E-state index in [0.717, 1.165) is 6.42 Å². The van der Waals surface area contributed by atoms with Gasteiger partial charge in [-0.05, 0) is 18.1 Å². The van der Waals surface area contributed by atoms with Crippen molar-refractivity contribution in [3.05, 3.63) is 28.3 Å². The highest BCUT2D eigenvalue weighted by atomic mass is 16.6. The number of nitrogens with one attached hydrogen (secondary N) is 1. The van der Waals surface area contributed by atoms with Gasteiger partial charge in [-0.3, -0.25) is 14.9 Å². The van der Waals surface area contributed by atoms with Gasteiger partial charge in [-0.15, -0.1) is 0 Å². The Bertz CT molecular complexity index is 504. The molecule has 1 aromatic rings. The molecule has 0 spiro atoms.